The van der Waals surface area contributed by atoms with Crippen LogP contribution in [0.25, 0.3) is 0 Å². The van der Waals surface area contributed by atoms with E-state index in [1.165, 1.54) is 25.1 Å². The van der Waals surface area contributed by atoms with Gasteiger partial charge in [-0.25, -0.2) is 0 Å². The van der Waals surface area contributed by atoms with Gasteiger partial charge in [-0.2, -0.15) is 0 Å². The Hall–Kier alpha value is -1.72. The minimum Gasteiger partial charge on any atom is -0.406 e. The number of rotatable bonds is 3. The predicted molar refractivity (Wildman–Crippen MR) is 73.2 cm³/mol. The maximum absolute atomic E-state index is 12.3. The first kappa shape index (κ1) is 15.7. The van der Waals surface area contributed by atoms with Gasteiger partial charge in [0.2, 0.25) is 0 Å². The SMILES string of the molecule is CC(O)(c1cccc(OC(F)(F)F)c1)c1ccccc1Cl. The van der Waals surface area contributed by atoms with E-state index in [1.54, 1.807) is 24.3 Å². The lowest BCUT2D eigenvalue weighted by Crippen LogP contribution is -2.24. The van der Waals surface area contributed by atoms with Crippen LogP contribution in [0.3, 0.4) is 0 Å². The quantitative estimate of drug-likeness (QED) is 0.903. The third kappa shape index (κ3) is 3.68. The van der Waals surface area contributed by atoms with E-state index in [9.17, 15) is 18.3 Å². The molecule has 2 aromatic carbocycles. The zero-order chi connectivity index (χ0) is 15.7. The first-order valence-electron chi connectivity index (χ1n) is 6.04. The molecule has 2 rings (SSSR count). The summed E-state index contributed by atoms with van der Waals surface area (Å²) < 4.78 is 40.6. The molecule has 0 aliphatic rings. The van der Waals surface area contributed by atoms with Crippen molar-refractivity contribution in [3.8, 4) is 5.75 Å². The van der Waals surface area contributed by atoms with Crippen LogP contribution in [0.15, 0.2) is 48.5 Å². The summed E-state index contributed by atoms with van der Waals surface area (Å²) in [7, 11) is 0. The zero-order valence-electron chi connectivity index (χ0n) is 11.0. The maximum atomic E-state index is 12.3. The molecule has 0 aliphatic carbocycles. The largest absolute Gasteiger partial charge is 0.573 e. The van der Waals surface area contributed by atoms with Gasteiger partial charge in [0.1, 0.15) is 11.4 Å². The van der Waals surface area contributed by atoms with E-state index in [-0.39, 0.29) is 5.56 Å². The topological polar surface area (TPSA) is 29.5 Å². The highest BCUT2D eigenvalue weighted by Gasteiger charge is 2.33. The second-order valence-electron chi connectivity index (χ2n) is 4.63. The van der Waals surface area contributed by atoms with Gasteiger partial charge in [0.25, 0.3) is 0 Å². The normalized spacial score (nSPS) is 14.6. The summed E-state index contributed by atoms with van der Waals surface area (Å²) >= 11 is 6.03. The number of alkyl halides is 3. The molecule has 0 spiro atoms. The highest BCUT2D eigenvalue weighted by Crippen LogP contribution is 2.35. The van der Waals surface area contributed by atoms with E-state index in [0.717, 1.165) is 6.07 Å². The molecule has 1 atom stereocenters. The lowest BCUT2D eigenvalue weighted by molar-refractivity contribution is -0.274. The number of hydrogen-bond donors (Lipinski definition) is 1. The van der Waals surface area contributed by atoms with E-state index in [4.69, 9.17) is 11.6 Å². The fourth-order valence-electron chi connectivity index (χ4n) is 2.01. The molecule has 2 aromatic rings. The first-order chi connectivity index (χ1) is 9.70. The van der Waals surface area contributed by atoms with Crippen LogP contribution in [0.1, 0.15) is 18.1 Å². The molecule has 1 N–H and O–H groups in total. The minimum absolute atomic E-state index is 0.248. The fourth-order valence-corrected chi connectivity index (χ4v) is 2.33. The molecule has 0 saturated carbocycles. The highest BCUT2D eigenvalue weighted by atomic mass is 35.5. The van der Waals surface area contributed by atoms with E-state index in [2.05, 4.69) is 4.74 Å². The summed E-state index contributed by atoms with van der Waals surface area (Å²) in [6.07, 6.45) is -4.78. The Balaban J connectivity index is 2.41. The Bertz CT molecular complexity index is 639. The van der Waals surface area contributed by atoms with Crippen molar-refractivity contribution in [3.63, 3.8) is 0 Å². The van der Waals surface area contributed by atoms with Gasteiger partial charge >= 0.3 is 6.36 Å². The van der Waals surface area contributed by atoms with Crippen LogP contribution in [0, 0.1) is 0 Å². The Morgan fingerprint density at radius 3 is 2.33 bits per heavy atom. The smallest absolute Gasteiger partial charge is 0.406 e. The Kier molecular flexibility index (Phi) is 4.16. The Morgan fingerprint density at radius 1 is 1.05 bits per heavy atom. The van der Waals surface area contributed by atoms with Gasteiger partial charge < -0.3 is 9.84 Å². The van der Waals surface area contributed by atoms with Crippen molar-refractivity contribution < 1.29 is 23.0 Å². The second-order valence-corrected chi connectivity index (χ2v) is 5.03. The van der Waals surface area contributed by atoms with Gasteiger partial charge in [0.05, 0.1) is 0 Å². The van der Waals surface area contributed by atoms with E-state index >= 15 is 0 Å². The number of benzene rings is 2. The van der Waals surface area contributed by atoms with Crippen LogP contribution in [0.5, 0.6) is 5.75 Å². The van der Waals surface area contributed by atoms with Crippen LogP contribution in [0.2, 0.25) is 5.02 Å². The molecule has 0 amide bonds. The summed E-state index contributed by atoms with van der Waals surface area (Å²) in [5, 5.41) is 11.0. The van der Waals surface area contributed by atoms with Gasteiger partial charge in [0.15, 0.2) is 0 Å². The van der Waals surface area contributed by atoms with Crippen molar-refractivity contribution in [1.82, 2.24) is 0 Å². The van der Waals surface area contributed by atoms with Crippen molar-refractivity contribution in [1.29, 1.82) is 0 Å². The second kappa shape index (κ2) is 5.58. The van der Waals surface area contributed by atoms with Crippen LogP contribution in [0.4, 0.5) is 13.2 Å². The minimum atomic E-state index is -4.78. The molecule has 0 saturated heterocycles. The van der Waals surface area contributed by atoms with Gasteiger partial charge in [-0.05, 0) is 30.7 Å². The Labute approximate surface area is 124 Å². The van der Waals surface area contributed by atoms with Crippen molar-refractivity contribution in [2.45, 2.75) is 18.9 Å². The number of aliphatic hydroxyl groups is 1. The van der Waals surface area contributed by atoms with Gasteiger partial charge in [-0.3, -0.25) is 0 Å². The molecule has 1 unspecified atom stereocenters. The Morgan fingerprint density at radius 2 is 1.71 bits per heavy atom. The zero-order valence-corrected chi connectivity index (χ0v) is 11.7. The fraction of sp³-hybridized carbons (Fsp3) is 0.200. The number of ether oxygens (including phenoxy) is 1. The van der Waals surface area contributed by atoms with Crippen molar-refractivity contribution >= 4 is 11.6 Å². The lowest BCUT2D eigenvalue weighted by Gasteiger charge is -2.26. The number of halogens is 4. The van der Waals surface area contributed by atoms with Gasteiger partial charge in [0, 0.05) is 10.6 Å². The van der Waals surface area contributed by atoms with E-state index in [1.807, 2.05) is 0 Å². The highest BCUT2D eigenvalue weighted by molar-refractivity contribution is 6.31. The van der Waals surface area contributed by atoms with E-state index < -0.39 is 17.7 Å². The molecule has 0 radical (unpaired) electrons. The summed E-state index contributed by atoms with van der Waals surface area (Å²) in [4.78, 5) is 0. The van der Waals surface area contributed by atoms with Gasteiger partial charge in [-0.1, -0.05) is 41.9 Å². The lowest BCUT2D eigenvalue weighted by atomic mass is 9.88. The predicted octanol–water partition coefficient (Wildman–Crippen LogP) is 4.49. The monoisotopic (exact) mass is 316 g/mol. The van der Waals surface area contributed by atoms with Crippen molar-refractivity contribution in [2.75, 3.05) is 0 Å². The van der Waals surface area contributed by atoms with Crippen LogP contribution < -0.4 is 4.74 Å². The van der Waals surface area contributed by atoms with Gasteiger partial charge in [-0.15, -0.1) is 13.2 Å². The molecule has 0 bridgehead atoms. The average Bonchev–Trinajstić information content (AvgIpc) is 2.37. The molecule has 112 valence electrons. The maximum Gasteiger partial charge on any atom is 0.573 e. The molecular formula is C15H12ClF3O2. The van der Waals surface area contributed by atoms with Crippen LogP contribution >= 0.6 is 11.6 Å². The summed E-state index contributed by atoms with van der Waals surface area (Å²) in [5.41, 5.74) is -0.892. The molecule has 6 heteroatoms. The third-order valence-electron chi connectivity index (χ3n) is 3.03. The summed E-state index contributed by atoms with van der Waals surface area (Å²) in [5.74, 6) is -0.396. The third-order valence-corrected chi connectivity index (χ3v) is 3.36. The molecule has 0 fully saturated rings. The standard InChI is InChI=1S/C15H12ClF3O2/c1-14(20,12-7-2-3-8-13(12)16)10-5-4-6-11(9-10)21-15(17,18)19/h2-9,20H,1H3. The average molecular weight is 317 g/mol. The van der Waals surface area contributed by atoms with Crippen LogP contribution in [-0.2, 0) is 5.60 Å². The summed E-state index contributed by atoms with van der Waals surface area (Å²) in [6, 6.07) is 11.8. The molecule has 0 aromatic heterocycles. The first-order valence-corrected chi connectivity index (χ1v) is 6.41. The molecule has 2 nitrogen and oxygen atoms in total. The van der Waals surface area contributed by atoms with Crippen molar-refractivity contribution in [3.05, 3.63) is 64.7 Å². The molecule has 0 aliphatic heterocycles. The molecule has 21 heavy (non-hydrogen) atoms. The molecule has 0 heterocycles. The van der Waals surface area contributed by atoms with E-state index in [0.29, 0.717) is 10.6 Å². The number of hydrogen-bond acceptors (Lipinski definition) is 2. The molecular weight excluding hydrogens is 305 g/mol. The van der Waals surface area contributed by atoms with Crippen LogP contribution in [-0.4, -0.2) is 11.5 Å². The van der Waals surface area contributed by atoms with Crippen molar-refractivity contribution in [2.24, 2.45) is 0 Å². The summed E-state index contributed by atoms with van der Waals surface area (Å²) in [6.45, 7) is 1.46.